The Balaban J connectivity index is 3.72. The molecular formula is C12H26O2. The number of rotatable bonds is 8. The molecule has 0 aliphatic rings. The van der Waals surface area contributed by atoms with Crippen molar-refractivity contribution in [1.82, 2.24) is 0 Å². The van der Waals surface area contributed by atoms with Crippen molar-refractivity contribution in [2.45, 2.75) is 65.1 Å². The third kappa shape index (κ3) is 5.61. The zero-order valence-electron chi connectivity index (χ0n) is 10.4. The lowest BCUT2D eigenvalue weighted by atomic mass is 9.97. The standard InChI is InChI=1S/C12H26O2/c1-6-8-12(4,13-5)9-10-14-11(3)7-2/h11H,6-10H2,1-5H3. The molecule has 0 aromatic heterocycles. The molecule has 0 aromatic carbocycles. The molecule has 86 valence electrons. The first-order valence-corrected chi connectivity index (χ1v) is 5.74. The van der Waals surface area contributed by atoms with E-state index in [1.165, 1.54) is 0 Å². The maximum atomic E-state index is 5.65. The van der Waals surface area contributed by atoms with Gasteiger partial charge in [0.1, 0.15) is 0 Å². The van der Waals surface area contributed by atoms with Gasteiger partial charge >= 0.3 is 0 Å². The van der Waals surface area contributed by atoms with Crippen LogP contribution in [0.1, 0.15) is 53.4 Å². The van der Waals surface area contributed by atoms with E-state index < -0.39 is 0 Å². The van der Waals surface area contributed by atoms with Crippen LogP contribution in [0, 0.1) is 0 Å². The van der Waals surface area contributed by atoms with Gasteiger partial charge in [0.2, 0.25) is 0 Å². The maximum absolute atomic E-state index is 5.65. The molecule has 2 nitrogen and oxygen atoms in total. The van der Waals surface area contributed by atoms with Crippen LogP contribution in [0.2, 0.25) is 0 Å². The summed E-state index contributed by atoms with van der Waals surface area (Å²) in [5.74, 6) is 0. The number of ether oxygens (including phenoxy) is 2. The highest BCUT2D eigenvalue weighted by atomic mass is 16.5. The monoisotopic (exact) mass is 202 g/mol. The summed E-state index contributed by atoms with van der Waals surface area (Å²) >= 11 is 0. The highest BCUT2D eigenvalue weighted by Crippen LogP contribution is 2.21. The number of hydrogen-bond donors (Lipinski definition) is 0. The van der Waals surface area contributed by atoms with Crippen molar-refractivity contribution in [3.05, 3.63) is 0 Å². The zero-order chi connectivity index (χ0) is 11.0. The van der Waals surface area contributed by atoms with Crippen molar-refractivity contribution in [1.29, 1.82) is 0 Å². The van der Waals surface area contributed by atoms with Crippen molar-refractivity contribution in [2.75, 3.05) is 13.7 Å². The van der Waals surface area contributed by atoms with Crippen LogP contribution in [0.15, 0.2) is 0 Å². The Bertz CT molecular complexity index is 136. The fraction of sp³-hybridized carbons (Fsp3) is 1.00. The van der Waals surface area contributed by atoms with Gasteiger partial charge in [-0.2, -0.15) is 0 Å². The SMILES string of the molecule is CCCC(C)(CCOC(C)CC)OC. The van der Waals surface area contributed by atoms with Crippen molar-refractivity contribution in [2.24, 2.45) is 0 Å². The average molecular weight is 202 g/mol. The highest BCUT2D eigenvalue weighted by Gasteiger charge is 2.22. The van der Waals surface area contributed by atoms with E-state index in [0.717, 1.165) is 32.3 Å². The molecule has 0 aromatic rings. The second kappa shape index (κ2) is 7.24. The van der Waals surface area contributed by atoms with Gasteiger partial charge in [-0.05, 0) is 33.1 Å². The fourth-order valence-corrected chi connectivity index (χ4v) is 1.45. The average Bonchev–Trinajstić information content (AvgIpc) is 2.18. The van der Waals surface area contributed by atoms with Crippen LogP contribution in [0.4, 0.5) is 0 Å². The molecule has 2 atom stereocenters. The zero-order valence-corrected chi connectivity index (χ0v) is 10.4. The molecule has 0 bridgehead atoms. The van der Waals surface area contributed by atoms with Gasteiger partial charge in [0.25, 0.3) is 0 Å². The third-order valence-electron chi connectivity index (χ3n) is 2.88. The lowest BCUT2D eigenvalue weighted by Gasteiger charge is -2.28. The first kappa shape index (κ1) is 13.9. The Morgan fingerprint density at radius 1 is 1.21 bits per heavy atom. The van der Waals surface area contributed by atoms with E-state index in [1.807, 2.05) is 0 Å². The maximum Gasteiger partial charge on any atom is 0.0672 e. The van der Waals surface area contributed by atoms with Gasteiger partial charge in [-0.15, -0.1) is 0 Å². The smallest absolute Gasteiger partial charge is 0.0672 e. The van der Waals surface area contributed by atoms with Crippen molar-refractivity contribution < 1.29 is 9.47 Å². The first-order valence-electron chi connectivity index (χ1n) is 5.74. The molecule has 0 aliphatic heterocycles. The molecule has 0 saturated heterocycles. The fourth-order valence-electron chi connectivity index (χ4n) is 1.45. The van der Waals surface area contributed by atoms with Crippen molar-refractivity contribution >= 4 is 0 Å². The molecule has 0 amide bonds. The lowest BCUT2D eigenvalue weighted by molar-refractivity contribution is -0.0406. The summed E-state index contributed by atoms with van der Waals surface area (Å²) in [7, 11) is 1.79. The quantitative estimate of drug-likeness (QED) is 0.600. The summed E-state index contributed by atoms with van der Waals surface area (Å²) in [5.41, 5.74) is 0.00219. The molecule has 0 spiro atoms. The predicted molar refractivity (Wildman–Crippen MR) is 60.6 cm³/mol. The highest BCUT2D eigenvalue weighted by molar-refractivity contribution is 4.73. The van der Waals surface area contributed by atoms with Gasteiger partial charge in [-0.1, -0.05) is 20.3 Å². The van der Waals surface area contributed by atoms with Gasteiger partial charge in [0, 0.05) is 13.7 Å². The topological polar surface area (TPSA) is 18.5 Å². The normalized spacial score (nSPS) is 17.8. The van der Waals surface area contributed by atoms with E-state index in [0.29, 0.717) is 6.10 Å². The first-order chi connectivity index (χ1) is 6.58. The van der Waals surface area contributed by atoms with E-state index in [2.05, 4.69) is 27.7 Å². The Kier molecular flexibility index (Phi) is 7.20. The molecule has 0 aliphatic carbocycles. The van der Waals surface area contributed by atoms with Gasteiger partial charge in [0.15, 0.2) is 0 Å². The van der Waals surface area contributed by atoms with E-state index in [4.69, 9.17) is 9.47 Å². The van der Waals surface area contributed by atoms with Crippen LogP contribution in [0.3, 0.4) is 0 Å². The summed E-state index contributed by atoms with van der Waals surface area (Å²) in [6.45, 7) is 9.42. The van der Waals surface area contributed by atoms with Crippen molar-refractivity contribution in [3.8, 4) is 0 Å². The summed E-state index contributed by atoms with van der Waals surface area (Å²) in [4.78, 5) is 0. The third-order valence-corrected chi connectivity index (χ3v) is 2.88. The summed E-state index contributed by atoms with van der Waals surface area (Å²) in [6, 6.07) is 0. The van der Waals surface area contributed by atoms with E-state index in [1.54, 1.807) is 7.11 Å². The Labute approximate surface area is 89.0 Å². The molecular weight excluding hydrogens is 176 g/mol. The molecule has 0 N–H and O–H groups in total. The minimum absolute atomic E-state index is 0.00219. The van der Waals surface area contributed by atoms with Gasteiger partial charge in [-0.3, -0.25) is 0 Å². The van der Waals surface area contributed by atoms with Crippen LogP contribution in [-0.2, 0) is 9.47 Å². The molecule has 2 unspecified atom stereocenters. The largest absolute Gasteiger partial charge is 0.378 e. The molecule has 2 heteroatoms. The minimum Gasteiger partial charge on any atom is -0.378 e. The predicted octanol–water partition coefficient (Wildman–Crippen LogP) is 3.40. The van der Waals surface area contributed by atoms with Crippen LogP contribution >= 0.6 is 0 Å². The van der Waals surface area contributed by atoms with Gasteiger partial charge in [-0.25, -0.2) is 0 Å². The molecule has 0 radical (unpaired) electrons. The summed E-state index contributed by atoms with van der Waals surface area (Å²) in [5, 5.41) is 0. The molecule has 0 fully saturated rings. The molecule has 14 heavy (non-hydrogen) atoms. The van der Waals surface area contributed by atoms with Gasteiger partial charge in [0.05, 0.1) is 11.7 Å². The Morgan fingerprint density at radius 2 is 1.86 bits per heavy atom. The van der Waals surface area contributed by atoms with Gasteiger partial charge < -0.3 is 9.47 Å². The Hall–Kier alpha value is -0.0800. The minimum atomic E-state index is 0.00219. The Morgan fingerprint density at radius 3 is 2.29 bits per heavy atom. The lowest BCUT2D eigenvalue weighted by Crippen LogP contribution is -2.29. The van der Waals surface area contributed by atoms with Crippen LogP contribution in [0.5, 0.6) is 0 Å². The molecule has 0 rings (SSSR count). The van der Waals surface area contributed by atoms with Crippen molar-refractivity contribution in [3.63, 3.8) is 0 Å². The number of hydrogen-bond acceptors (Lipinski definition) is 2. The van der Waals surface area contributed by atoms with E-state index in [9.17, 15) is 0 Å². The summed E-state index contributed by atoms with van der Waals surface area (Å²) in [6.07, 6.45) is 4.71. The second-order valence-corrected chi connectivity index (χ2v) is 4.24. The molecule has 0 heterocycles. The second-order valence-electron chi connectivity index (χ2n) is 4.24. The van der Waals surface area contributed by atoms with Crippen LogP contribution in [-0.4, -0.2) is 25.4 Å². The summed E-state index contributed by atoms with van der Waals surface area (Å²) < 4.78 is 11.2. The number of methoxy groups -OCH3 is 1. The molecule has 0 saturated carbocycles. The van der Waals surface area contributed by atoms with E-state index >= 15 is 0 Å². The van der Waals surface area contributed by atoms with Crippen LogP contribution < -0.4 is 0 Å². The van der Waals surface area contributed by atoms with E-state index in [-0.39, 0.29) is 5.60 Å². The van der Waals surface area contributed by atoms with Crippen LogP contribution in [0.25, 0.3) is 0 Å².